The van der Waals surface area contributed by atoms with Gasteiger partial charge in [0.25, 0.3) is 0 Å². The molecule has 3 N–H and O–H groups in total. The Labute approximate surface area is 107 Å². The number of nitrogens with two attached hydrogens (primary N) is 1. The normalized spacial score (nSPS) is 12.3. The molecule has 1 aromatic carbocycles. The fraction of sp³-hybridized carbons (Fsp3) is 0.538. The van der Waals surface area contributed by atoms with Gasteiger partial charge in [0.1, 0.15) is 18.5 Å². The summed E-state index contributed by atoms with van der Waals surface area (Å²) in [6.07, 6.45) is 0.174. The molecule has 0 saturated heterocycles. The predicted octanol–water partition coefficient (Wildman–Crippen LogP) is 1.06. The van der Waals surface area contributed by atoms with E-state index in [0.717, 1.165) is 6.42 Å². The molecule has 0 bridgehead atoms. The molecule has 1 atom stereocenters. The number of ether oxygens (including phenoxy) is 3. The average Bonchev–Trinajstić information content (AvgIpc) is 2.36. The Kier molecular flexibility index (Phi) is 7.17. The Hall–Kier alpha value is -1.30. The van der Waals surface area contributed by atoms with Gasteiger partial charge in [-0.15, -0.1) is 0 Å². The maximum atomic E-state index is 9.62. The number of anilines is 1. The minimum atomic E-state index is -0.644. The highest BCUT2D eigenvalue weighted by atomic mass is 16.5. The van der Waals surface area contributed by atoms with E-state index in [1.54, 1.807) is 31.4 Å². The van der Waals surface area contributed by atoms with E-state index >= 15 is 0 Å². The van der Waals surface area contributed by atoms with Crippen LogP contribution in [-0.2, 0) is 9.47 Å². The monoisotopic (exact) mass is 255 g/mol. The molecule has 5 heteroatoms. The second kappa shape index (κ2) is 8.74. The zero-order valence-electron chi connectivity index (χ0n) is 10.7. The molecule has 0 heterocycles. The summed E-state index contributed by atoms with van der Waals surface area (Å²) in [6, 6.07) is 7.09. The van der Waals surface area contributed by atoms with Crippen LogP contribution < -0.4 is 10.5 Å². The summed E-state index contributed by atoms with van der Waals surface area (Å²) < 4.78 is 15.6. The van der Waals surface area contributed by atoms with Crippen molar-refractivity contribution in [1.29, 1.82) is 0 Å². The van der Waals surface area contributed by atoms with E-state index in [4.69, 9.17) is 19.9 Å². The number of rotatable bonds is 9. The smallest absolute Gasteiger partial charge is 0.121 e. The third-order valence-corrected chi connectivity index (χ3v) is 2.25. The van der Waals surface area contributed by atoms with Crippen molar-refractivity contribution in [3.05, 3.63) is 24.3 Å². The van der Waals surface area contributed by atoms with Crippen molar-refractivity contribution < 1.29 is 19.3 Å². The van der Waals surface area contributed by atoms with Gasteiger partial charge in [-0.05, 0) is 18.6 Å². The molecule has 5 nitrogen and oxygen atoms in total. The molecule has 0 radical (unpaired) electrons. The highest BCUT2D eigenvalue weighted by Crippen LogP contribution is 2.14. The lowest BCUT2D eigenvalue weighted by molar-refractivity contribution is 0.00683. The van der Waals surface area contributed by atoms with Gasteiger partial charge >= 0.3 is 0 Å². The summed E-state index contributed by atoms with van der Waals surface area (Å²) in [5.74, 6) is 0.647. The summed E-state index contributed by atoms with van der Waals surface area (Å²) in [5, 5.41) is 9.62. The fourth-order valence-corrected chi connectivity index (χ4v) is 1.37. The van der Waals surface area contributed by atoms with Crippen LogP contribution in [-0.4, -0.2) is 44.7 Å². The molecular weight excluding hydrogens is 234 g/mol. The summed E-state index contributed by atoms with van der Waals surface area (Å²) >= 11 is 0. The quantitative estimate of drug-likeness (QED) is 0.510. The molecular formula is C13H21NO4. The number of aliphatic hydroxyl groups excluding tert-OH is 1. The largest absolute Gasteiger partial charge is 0.491 e. The van der Waals surface area contributed by atoms with Crippen LogP contribution in [0.1, 0.15) is 6.42 Å². The number of benzene rings is 1. The molecule has 0 aliphatic heterocycles. The molecule has 1 aromatic rings. The van der Waals surface area contributed by atoms with Crippen LogP contribution >= 0.6 is 0 Å². The van der Waals surface area contributed by atoms with Crippen molar-refractivity contribution in [2.24, 2.45) is 0 Å². The van der Waals surface area contributed by atoms with Crippen molar-refractivity contribution >= 4 is 5.69 Å². The second-order valence-electron chi connectivity index (χ2n) is 3.96. The summed E-state index contributed by atoms with van der Waals surface area (Å²) in [5.41, 5.74) is 6.25. The van der Waals surface area contributed by atoms with Gasteiger partial charge in [0, 0.05) is 32.1 Å². The Balaban J connectivity index is 2.11. The zero-order chi connectivity index (χ0) is 13.2. The molecule has 0 aliphatic carbocycles. The van der Waals surface area contributed by atoms with Crippen LogP contribution in [0.25, 0.3) is 0 Å². The fourth-order valence-electron chi connectivity index (χ4n) is 1.37. The van der Waals surface area contributed by atoms with E-state index in [2.05, 4.69) is 0 Å². The summed E-state index contributed by atoms with van der Waals surface area (Å²) in [7, 11) is 1.65. The second-order valence-corrected chi connectivity index (χ2v) is 3.96. The standard InChI is InChI=1S/C13H21NO4/c1-16-6-3-7-17-9-12(15)10-18-13-5-2-4-11(14)8-13/h2,4-5,8,12,15H,3,6-7,9-10,14H2,1H3. The summed E-state index contributed by atoms with van der Waals surface area (Å²) in [4.78, 5) is 0. The van der Waals surface area contributed by atoms with E-state index in [-0.39, 0.29) is 13.2 Å². The Bertz CT molecular complexity index is 333. The number of methoxy groups -OCH3 is 1. The van der Waals surface area contributed by atoms with Crippen molar-refractivity contribution in [2.75, 3.05) is 39.3 Å². The first-order chi connectivity index (χ1) is 8.72. The SMILES string of the molecule is COCCCOCC(O)COc1cccc(N)c1. The van der Waals surface area contributed by atoms with Gasteiger partial charge in [-0.2, -0.15) is 0 Å². The number of nitrogen functional groups attached to an aromatic ring is 1. The average molecular weight is 255 g/mol. The minimum Gasteiger partial charge on any atom is -0.491 e. The van der Waals surface area contributed by atoms with Gasteiger partial charge in [-0.1, -0.05) is 6.07 Å². The first-order valence-corrected chi connectivity index (χ1v) is 5.95. The summed E-state index contributed by atoms with van der Waals surface area (Å²) in [6.45, 7) is 1.68. The molecule has 0 aliphatic rings. The predicted molar refractivity (Wildman–Crippen MR) is 69.7 cm³/mol. The van der Waals surface area contributed by atoms with E-state index in [1.165, 1.54) is 0 Å². The van der Waals surface area contributed by atoms with Gasteiger partial charge in [0.15, 0.2) is 0 Å². The lowest BCUT2D eigenvalue weighted by Gasteiger charge is -2.13. The number of aliphatic hydroxyl groups is 1. The van der Waals surface area contributed by atoms with Crippen LogP contribution in [0.4, 0.5) is 5.69 Å². The van der Waals surface area contributed by atoms with Gasteiger partial charge in [-0.25, -0.2) is 0 Å². The van der Waals surface area contributed by atoms with Crippen LogP contribution in [0.15, 0.2) is 24.3 Å². The van der Waals surface area contributed by atoms with Crippen molar-refractivity contribution in [1.82, 2.24) is 0 Å². The lowest BCUT2D eigenvalue weighted by Crippen LogP contribution is -2.23. The highest BCUT2D eigenvalue weighted by Gasteiger charge is 2.05. The topological polar surface area (TPSA) is 73.9 Å². The third-order valence-electron chi connectivity index (χ3n) is 2.25. The maximum Gasteiger partial charge on any atom is 0.121 e. The van der Waals surface area contributed by atoms with Crippen molar-refractivity contribution in [3.8, 4) is 5.75 Å². The molecule has 0 amide bonds. The molecule has 0 aromatic heterocycles. The van der Waals surface area contributed by atoms with Crippen LogP contribution in [0.3, 0.4) is 0 Å². The van der Waals surface area contributed by atoms with Gasteiger partial charge < -0.3 is 25.1 Å². The van der Waals surface area contributed by atoms with Crippen molar-refractivity contribution in [3.63, 3.8) is 0 Å². The Morgan fingerprint density at radius 3 is 2.83 bits per heavy atom. The lowest BCUT2D eigenvalue weighted by atomic mass is 10.3. The molecule has 1 unspecified atom stereocenters. The highest BCUT2D eigenvalue weighted by molar-refractivity contribution is 5.43. The van der Waals surface area contributed by atoms with Crippen LogP contribution in [0.2, 0.25) is 0 Å². The molecule has 18 heavy (non-hydrogen) atoms. The van der Waals surface area contributed by atoms with Crippen LogP contribution in [0, 0.1) is 0 Å². The Morgan fingerprint density at radius 1 is 1.28 bits per heavy atom. The maximum absolute atomic E-state index is 9.62. The van der Waals surface area contributed by atoms with Crippen molar-refractivity contribution in [2.45, 2.75) is 12.5 Å². The van der Waals surface area contributed by atoms with E-state index in [1.807, 2.05) is 0 Å². The molecule has 102 valence electrons. The van der Waals surface area contributed by atoms with Gasteiger partial charge in [-0.3, -0.25) is 0 Å². The van der Waals surface area contributed by atoms with Gasteiger partial charge in [0.2, 0.25) is 0 Å². The molecule has 0 spiro atoms. The number of hydrogen-bond acceptors (Lipinski definition) is 5. The van der Waals surface area contributed by atoms with Crippen LogP contribution in [0.5, 0.6) is 5.75 Å². The molecule has 0 fully saturated rings. The minimum absolute atomic E-state index is 0.188. The van der Waals surface area contributed by atoms with E-state index in [0.29, 0.717) is 24.7 Å². The van der Waals surface area contributed by atoms with Gasteiger partial charge in [0.05, 0.1) is 6.61 Å². The number of hydrogen-bond donors (Lipinski definition) is 2. The zero-order valence-corrected chi connectivity index (χ0v) is 10.7. The molecule has 1 rings (SSSR count). The first kappa shape index (κ1) is 14.8. The first-order valence-electron chi connectivity index (χ1n) is 5.95. The molecule has 0 saturated carbocycles. The van der Waals surface area contributed by atoms with E-state index < -0.39 is 6.10 Å². The third kappa shape index (κ3) is 6.44. The van der Waals surface area contributed by atoms with E-state index in [9.17, 15) is 5.11 Å². The Morgan fingerprint density at radius 2 is 2.11 bits per heavy atom.